The van der Waals surface area contributed by atoms with Gasteiger partial charge in [-0.1, -0.05) is 57.9 Å². The minimum atomic E-state index is 0.0882. The lowest BCUT2D eigenvalue weighted by molar-refractivity contribution is 0.487. The molecule has 1 aliphatic rings. The van der Waals surface area contributed by atoms with E-state index in [1.54, 1.807) is 0 Å². The van der Waals surface area contributed by atoms with Crippen molar-refractivity contribution in [3.05, 3.63) is 69.2 Å². The van der Waals surface area contributed by atoms with Crippen LogP contribution < -0.4 is 11.3 Å². The highest BCUT2D eigenvalue weighted by Gasteiger charge is 2.44. The molecule has 2 nitrogen and oxygen atoms in total. The van der Waals surface area contributed by atoms with Gasteiger partial charge >= 0.3 is 0 Å². The fraction of sp³-hybridized carbons (Fsp3) is 0.250. The van der Waals surface area contributed by atoms with Gasteiger partial charge in [0.2, 0.25) is 0 Å². The molecule has 0 aliphatic heterocycles. The molecule has 3 rings (SSSR count). The Kier molecular flexibility index (Phi) is 4.13. The summed E-state index contributed by atoms with van der Waals surface area (Å²) in [6, 6.07) is 16.6. The first kappa shape index (κ1) is 14.1. The molecule has 3 atom stereocenters. The predicted octanol–water partition coefficient (Wildman–Crippen LogP) is 4.41. The largest absolute Gasteiger partial charge is 0.271 e. The lowest BCUT2D eigenvalue weighted by atomic mass is 9.99. The molecule has 4 heteroatoms. The minimum absolute atomic E-state index is 0.0882. The van der Waals surface area contributed by atoms with Crippen molar-refractivity contribution in [1.29, 1.82) is 0 Å². The monoisotopic (exact) mass is 350 g/mol. The molecule has 0 radical (unpaired) electrons. The molecule has 1 saturated carbocycles. The molecule has 3 N–H and O–H groups in total. The van der Waals surface area contributed by atoms with Crippen molar-refractivity contribution in [2.24, 2.45) is 11.8 Å². The predicted molar refractivity (Wildman–Crippen MR) is 86.5 cm³/mol. The number of halogens is 2. The molecule has 1 fully saturated rings. The summed E-state index contributed by atoms with van der Waals surface area (Å²) in [6.45, 7) is 0. The number of nitrogens with one attached hydrogen (secondary N) is 1. The van der Waals surface area contributed by atoms with Crippen LogP contribution in [0.5, 0.6) is 0 Å². The number of benzene rings is 2. The second-order valence-electron chi connectivity index (χ2n) is 5.23. The maximum atomic E-state index is 6.32. The van der Waals surface area contributed by atoms with Crippen molar-refractivity contribution in [1.82, 2.24) is 5.43 Å². The molecule has 20 heavy (non-hydrogen) atoms. The third-order valence-electron chi connectivity index (χ3n) is 3.97. The van der Waals surface area contributed by atoms with Crippen molar-refractivity contribution in [3.8, 4) is 0 Å². The van der Waals surface area contributed by atoms with Gasteiger partial charge in [0, 0.05) is 9.50 Å². The molecule has 0 spiro atoms. The lowest BCUT2D eigenvalue weighted by Crippen LogP contribution is -2.30. The first-order valence-electron chi connectivity index (χ1n) is 6.66. The maximum absolute atomic E-state index is 6.32. The number of nitrogens with two attached hydrogens (primary N) is 1. The van der Waals surface area contributed by atoms with Crippen molar-refractivity contribution in [3.63, 3.8) is 0 Å². The van der Waals surface area contributed by atoms with Gasteiger partial charge in [0.05, 0.1) is 6.04 Å². The van der Waals surface area contributed by atoms with E-state index in [1.807, 2.05) is 24.3 Å². The summed E-state index contributed by atoms with van der Waals surface area (Å²) in [6.07, 6.45) is 1.14. The lowest BCUT2D eigenvalue weighted by Gasteiger charge is -2.18. The minimum Gasteiger partial charge on any atom is -0.271 e. The fourth-order valence-electron chi connectivity index (χ4n) is 2.86. The second kappa shape index (κ2) is 5.86. The van der Waals surface area contributed by atoms with E-state index >= 15 is 0 Å². The van der Waals surface area contributed by atoms with Gasteiger partial charge in [0.1, 0.15) is 0 Å². The average molecular weight is 352 g/mol. The second-order valence-corrected chi connectivity index (χ2v) is 6.55. The number of hydrogen-bond acceptors (Lipinski definition) is 2. The van der Waals surface area contributed by atoms with Crippen LogP contribution in [0.3, 0.4) is 0 Å². The van der Waals surface area contributed by atoms with Crippen molar-refractivity contribution in [2.75, 3.05) is 0 Å². The van der Waals surface area contributed by atoms with Gasteiger partial charge in [-0.25, -0.2) is 0 Å². The zero-order valence-electron chi connectivity index (χ0n) is 10.9. The molecule has 1 aliphatic carbocycles. The molecular formula is C16H16BrClN2. The molecule has 3 unspecified atom stereocenters. The van der Waals surface area contributed by atoms with Crippen LogP contribution in [-0.4, -0.2) is 0 Å². The number of hydrazine groups is 1. The highest BCUT2D eigenvalue weighted by Crippen LogP contribution is 2.54. The van der Waals surface area contributed by atoms with E-state index in [4.69, 9.17) is 17.4 Å². The Hall–Kier alpha value is -0.870. The summed E-state index contributed by atoms with van der Waals surface area (Å²) < 4.78 is 1.02. The van der Waals surface area contributed by atoms with Gasteiger partial charge in [-0.05, 0) is 47.6 Å². The Balaban J connectivity index is 1.84. The molecule has 2 aromatic rings. The zero-order valence-corrected chi connectivity index (χ0v) is 13.2. The Morgan fingerprint density at radius 1 is 1.20 bits per heavy atom. The normalized spacial score (nSPS) is 22.6. The Labute approximate surface area is 132 Å². The molecule has 0 aromatic heterocycles. The average Bonchev–Trinajstić information content (AvgIpc) is 3.25. The fourth-order valence-corrected chi connectivity index (χ4v) is 3.48. The van der Waals surface area contributed by atoms with Gasteiger partial charge in [-0.3, -0.25) is 11.3 Å². The number of hydrogen-bond donors (Lipinski definition) is 2. The van der Waals surface area contributed by atoms with E-state index in [0.717, 1.165) is 21.5 Å². The van der Waals surface area contributed by atoms with E-state index in [2.05, 4.69) is 45.6 Å². The highest BCUT2D eigenvalue weighted by molar-refractivity contribution is 9.10. The topological polar surface area (TPSA) is 38.0 Å². The summed E-state index contributed by atoms with van der Waals surface area (Å²) >= 11 is 9.82. The van der Waals surface area contributed by atoms with E-state index in [-0.39, 0.29) is 6.04 Å². The van der Waals surface area contributed by atoms with E-state index in [0.29, 0.717) is 11.8 Å². The molecule has 0 heterocycles. The maximum Gasteiger partial charge on any atom is 0.0509 e. The van der Waals surface area contributed by atoms with Gasteiger partial charge in [-0.15, -0.1) is 0 Å². The molecule has 0 saturated heterocycles. The first-order chi connectivity index (χ1) is 9.70. The van der Waals surface area contributed by atoms with Crippen molar-refractivity contribution >= 4 is 27.5 Å². The van der Waals surface area contributed by atoms with Crippen LogP contribution in [0.4, 0.5) is 0 Å². The van der Waals surface area contributed by atoms with Gasteiger partial charge < -0.3 is 0 Å². The van der Waals surface area contributed by atoms with Crippen LogP contribution in [0.1, 0.15) is 29.5 Å². The van der Waals surface area contributed by atoms with E-state index < -0.39 is 0 Å². The Morgan fingerprint density at radius 3 is 2.65 bits per heavy atom. The van der Waals surface area contributed by atoms with Crippen LogP contribution >= 0.6 is 27.5 Å². The third kappa shape index (κ3) is 2.77. The molecule has 0 amide bonds. The molecular weight excluding hydrogens is 336 g/mol. The third-order valence-corrected chi connectivity index (χ3v) is 4.81. The van der Waals surface area contributed by atoms with Crippen LogP contribution in [0.2, 0.25) is 5.02 Å². The smallest absolute Gasteiger partial charge is 0.0509 e. The van der Waals surface area contributed by atoms with Crippen LogP contribution in [-0.2, 0) is 0 Å². The Morgan fingerprint density at radius 2 is 1.95 bits per heavy atom. The first-order valence-corrected chi connectivity index (χ1v) is 7.84. The molecule has 104 valence electrons. The Bertz CT molecular complexity index is 603. The van der Waals surface area contributed by atoms with Crippen LogP contribution in [0, 0.1) is 5.92 Å². The summed E-state index contributed by atoms with van der Waals surface area (Å²) in [5.41, 5.74) is 5.38. The van der Waals surface area contributed by atoms with E-state index in [9.17, 15) is 0 Å². The summed E-state index contributed by atoms with van der Waals surface area (Å²) in [7, 11) is 0. The van der Waals surface area contributed by atoms with Gasteiger partial charge in [0.15, 0.2) is 0 Å². The van der Waals surface area contributed by atoms with Crippen LogP contribution in [0.15, 0.2) is 53.0 Å². The summed E-state index contributed by atoms with van der Waals surface area (Å²) in [5.74, 6) is 6.84. The van der Waals surface area contributed by atoms with Crippen molar-refractivity contribution in [2.45, 2.75) is 18.4 Å². The van der Waals surface area contributed by atoms with E-state index in [1.165, 1.54) is 5.56 Å². The molecule has 2 aromatic carbocycles. The summed E-state index contributed by atoms with van der Waals surface area (Å²) in [5, 5.41) is 0.759. The highest BCUT2D eigenvalue weighted by atomic mass is 79.9. The summed E-state index contributed by atoms with van der Waals surface area (Å²) in [4.78, 5) is 0. The SMILES string of the molecule is NNC(c1cc(Br)ccc1Cl)C1CC1c1ccccc1. The van der Waals surface area contributed by atoms with Crippen molar-refractivity contribution < 1.29 is 0 Å². The van der Waals surface area contributed by atoms with Gasteiger partial charge in [-0.2, -0.15) is 0 Å². The molecule has 0 bridgehead atoms. The zero-order chi connectivity index (χ0) is 14.1. The van der Waals surface area contributed by atoms with Gasteiger partial charge in [0.25, 0.3) is 0 Å². The number of rotatable bonds is 4. The standard InChI is InChI=1S/C16H16BrClN2/c17-11-6-7-15(18)14(8-11)16(20-19)13-9-12(13)10-4-2-1-3-5-10/h1-8,12-13,16,20H,9,19H2. The quantitative estimate of drug-likeness (QED) is 0.632. The van der Waals surface area contributed by atoms with Crippen LogP contribution in [0.25, 0.3) is 0 Å².